The molecule has 0 bridgehead atoms. The lowest BCUT2D eigenvalue weighted by atomic mass is 9.91. The Labute approximate surface area is 125 Å². The zero-order valence-electron chi connectivity index (χ0n) is 10.7. The highest BCUT2D eigenvalue weighted by atomic mass is 79.9. The Balaban J connectivity index is 1.81. The van der Waals surface area contributed by atoms with E-state index in [-0.39, 0.29) is 11.7 Å². The molecule has 2 nitrogen and oxygen atoms in total. The average molecular weight is 337 g/mol. The van der Waals surface area contributed by atoms with Crippen LogP contribution in [0.3, 0.4) is 0 Å². The number of aliphatic hydroxyl groups excluding tert-OH is 1. The van der Waals surface area contributed by atoms with Gasteiger partial charge in [0.15, 0.2) is 0 Å². The minimum atomic E-state index is -0.600. The number of hydrogen-bond acceptors (Lipinski definition) is 2. The van der Waals surface area contributed by atoms with Crippen molar-refractivity contribution < 1.29 is 14.2 Å². The van der Waals surface area contributed by atoms with E-state index < -0.39 is 6.10 Å². The molecule has 2 aromatic rings. The molecule has 0 saturated carbocycles. The van der Waals surface area contributed by atoms with Crippen molar-refractivity contribution in [1.82, 2.24) is 0 Å². The number of hydrogen-bond donors (Lipinski definition) is 1. The van der Waals surface area contributed by atoms with Gasteiger partial charge in [-0.05, 0) is 29.8 Å². The minimum Gasteiger partial charge on any atom is -0.493 e. The molecule has 0 aromatic heterocycles. The molecule has 0 spiro atoms. The van der Waals surface area contributed by atoms with Gasteiger partial charge in [-0.15, -0.1) is 0 Å². The number of benzene rings is 2. The largest absolute Gasteiger partial charge is 0.493 e. The lowest BCUT2D eigenvalue weighted by molar-refractivity contribution is 0.129. The molecule has 1 N–H and O–H groups in total. The maximum Gasteiger partial charge on any atom is 0.123 e. The Morgan fingerprint density at radius 1 is 1.30 bits per heavy atom. The zero-order chi connectivity index (χ0) is 14.1. The van der Waals surface area contributed by atoms with Gasteiger partial charge in [0, 0.05) is 22.4 Å². The number of ether oxygens (including phenoxy) is 1. The van der Waals surface area contributed by atoms with Crippen molar-refractivity contribution in [2.45, 2.75) is 18.4 Å². The summed E-state index contributed by atoms with van der Waals surface area (Å²) >= 11 is 3.39. The van der Waals surface area contributed by atoms with Crippen LogP contribution in [-0.2, 0) is 6.42 Å². The highest BCUT2D eigenvalue weighted by Gasteiger charge is 2.30. The van der Waals surface area contributed by atoms with Gasteiger partial charge in [-0.1, -0.05) is 34.1 Å². The van der Waals surface area contributed by atoms with Crippen LogP contribution in [0.15, 0.2) is 46.9 Å². The minimum absolute atomic E-state index is 0.0682. The molecule has 0 fully saturated rings. The van der Waals surface area contributed by atoms with E-state index in [0.29, 0.717) is 13.0 Å². The summed E-state index contributed by atoms with van der Waals surface area (Å²) in [7, 11) is 0. The summed E-state index contributed by atoms with van der Waals surface area (Å²) in [5, 5.41) is 10.4. The van der Waals surface area contributed by atoms with Gasteiger partial charge in [-0.3, -0.25) is 0 Å². The molecule has 0 saturated heterocycles. The summed E-state index contributed by atoms with van der Waals surface area (Å²) in [6.07, 6.45) is -0.211. The van der Waals surface area contributed by atoms with Crippen LogP contribution in [0, 0.1) is 5.82 Å². The summed E-state index contributed by atoms with van der Waals surface area (Å²) < 4.78 is 19.7. The topological polar surface area (TPSA) is 29.5 Å². The fraction of sp³-hybridized carbons (Fsp3) is 0.250. The SMILES string of the molecule is OC(Cc1cc(F)ccc1Br)C1COc2ccccc21. The van der Waals surface area contributed by atoms with Crippen molar-refractivity contribution in [2.75, 3.05) is 6.61 Å². The van der Waals surface area contributed by atoms with Gasteiger partial charge in [0.05, 0.1) is 12.7 Å². The van der Waals surface area contributed by atoms with Gasteiger partial charge in [0.1, 0.15) is 11.6 Å². The number of para-hydroxylation sites is 1. The summed E-state index contributed by atoms with van der Waals surface area (Å²) in [5.41, 5.74) is 1.79. The monoisotopic (exact) mass is 336 g/mol. The fourth-order valence-electron chi connectivity index (χ4n) is 2.57. The average Bonchev–Trinajstić information content (AvgIpc) is 2.87. The molecule has 0 amide bonds. The van der Waals surface area contributed by atoms with Crippen LogP contribution in [0.4, 0.5) is 4.39 Å². The summed E-state index contributed by atoms with van der Waals surface area (Å²) in [4.78, 5) is 0. The summed E-state index contributed by atoms with van der Waals surface area (Å²) in [5.74, 6) is 0.467. The second-order valence-corrected chi connectivity index (χ2v) is 5.82. The van der Waals surface area contributed by atoms with E-state index in [0.717, 1.165) is 21.3 Å². The Kier molecular flexibility index (Phi) is 3.76. The first kappa shape index (κ1) is 13.6. The molecule has 104 valence electrons. The third-order valence-corrected chi connectivity index (χ3v) is 4.41. The van der Waals surface area contributed by atoms with Crippen molar-refractivity contribution >= 4 is 15.9 Å². The van der Waals surface area contributed by atoms with Crippen LogP contribution in [0.1, 0.15) is 17.0 Å². The number of fused-ring (bicyclic) bond motifs is 1. The Morgan fingerprint density at radius 2 is 2.10 bits per heavy atom. The van der Waals surface area contributed by atoms with Crippen LogP contribution >= 0.6 is 15.9 Å². The van der Waals surface area contributed by atoms with Gasteiger partial charge >= 0.3 is 0 Å². The number of halogens is 2. The lowest BCUT2D eigenvalue weighted by Crippen LogP contribution is -2.22. The van der Waals surface area contributed by atoms with E-state index in [9.17, 15) is 9.50 Å². The van der Waals surface area contributed by atoms with E-state index in [1.165, 1.54) is 12.1 Å². The van der Waals surface area contributed by atoms with Gasteiger partial charge in [0.25, 0.3) is 0 Å². The molecule has 3 rings (SSSR count). The van der Waals surface area contributed by atoms with Crippen LogP contribution in [0.5, 0.6) is 5.75 Å². The molecule has 20 heavy (non-hydrogen) atoms. The molecular formula is C16H14BrFO2. The highest BCUT2D eigenvalue weighted by Crippen LogP contribution is 2.36. The van der Waals surface area contributed by atoms with Gasteiger partial charge in [0.2, 0.25) is 0 Å². The van der Waals surface area contributed by atoms with Crippen molar-refractivity contribution in [1.29, 1.82) is 0 Å². The third kappa shape index (κ3) is 2.58. The highest BCUT2D eigenvalue weighted by molar-refractivity contribution is 9.10. The first-order chi connectivity index (χ1) is 9.65. The standard InChI is InChI=1S/C16H14BrFO2/c17-14-6-5-11(18)7-10(14)8-15(19)13-9-20-16-4-2-1-3-12(13)16/h1-7,13,15,19H,8-9H2. The number of aliphatic hydroxyl groups is 1. The lowest BCUT2D eigenvalue weighted by Gasteiger charge is -2.18. The van der Waals surface area contributed by atoms with Crippen molar-refractivity contribution in [3.05, 3.63) is 63.9 Å². The maximum absolute atomic E-state index is 13.3. The smallest absolute Gasteiger partial charge is 0.123 e. The predicted octanol–water partition coefficient (Wildman–Crippen LogP) is 3.67. The Bertz CT molecular complexity index is 630. The van der Waals surface area contributed by atoms with Crippen molar-refractivity contribution in [2.24, 2.45) is 0 Å². The van der Waals surface area contributed by atoms with Crippen LogP contribution in [0.25, 0.3) is 0 Å². The van der Waals surface area contributed by atoms with Crippen LogP contribution < -0.4 is 4.74 Å². The van der Waals surface area contributed by atoms with E-state index in [2.05, 4.69) is 15.9 Å². The van der Waals surface area contributed by atoms with Crippen LogP contribution in [0.2, 0.25) is 0 Å². The molecule has 1 aliphatic heterocycles. The van der Waals surface area contributed by atoms with Gasteiger partial charge in [-0.2, -0.15) is 0 Å². The van der Waals surface area contributed by atoms with Crippen molar-refractivity contribution in [3.63, 3.8) is 0 Å². The summed E-state index contributed by atoms with van der Waals surface area (Å²) in [6, 6.07) is 12.2. The van der Waals surface area contributed by atoms with Crippen LogP contribution in [-0.4, -0.2) is 17.8 Å². The Hall–Kier alpha value is -1.39. The normalized spacial score (nSPS) is 18.4. The van der Waals surface area contributed by atoms with E-state index in [1.54, 1.807) is 6.07 Å². The van der Waals surface area contributed by atoms with Crippen molar-refractivity contribution in [3.8, 4) is 5.75 Å². The molecule has 2 aromatic carbocycles. The van der Waals surface area contributed by atoms with E-state index in [4.69, 9.17) is 4.74 Å². The molecule has 0 radical (unpaired) electrons. The molecule has 0 aliphatic carbocycles. The number of rotatable bonds is 3. The molecule has 4 heteroatoms. The molecule has 2 atom stereocenters. The first-order valence-electron chi connectivity index (χ1n) is 6.49. The molecular weight excluding hydrogens is 323 g/mol. The quantitative estimate of drug-likeness (QED) is 0.926. The summed E-state index contributed by atoms with van der Waals surface area (Å²) in [6.45, 7) is 0.466. The predicted molar refractivity (Wildman–Crippen MR) is 78.5 cm³/mol. The van der Waals surface area contributed by atoms with E-state index in [1.807, 2.05) is 24.3 Å². The maximum atomic E-state index is 13.3. The van der Waals surface area contributed by atoms with Gasteiger partial charge in [-0.25, -0.2) is 4.39 Å². The third-order valence-electron chi connectivity index (χ3n) is 3.64. The second-order valence-electron chi connectivity index (χ2n) is 4.96. The van der Waals surface area contributed by atoms with E-state index >= 15 is 0 Å². The molecule has 2 unspecified atom stereocenters. The fourth-order valence-corrected chi connectivity index (χ4v) is 2.98. The molecule has 1 heterocycles. The van der Waals surface area contributed by atoms with Gasteiger partial charge < -0.3 is 9.84 Å². The second kappa shape index (κ2) is 5.54. The zero-order valence-corrected chi connectivity index (χ0v) is 12.3. The first-order valence-corrected chi connectivity index (χ1v) is 7.28. The Morgan fingerprint density at radius 3 is 2.95 bits per heavy atom. The molecule has 1 aliphatic rings.